The smallest absolute Gasteiger partial charge is 0.418 e. The van der Waals surface area contributed by atoms with E-state index in [9.17, 15) is 13.2 Å². The molecule has 2 bridgehead atoms. The van der Waals surface area contributed by atoms with Gasteiger partial charge in [0.1, 0.15) is 6.04 Å². The van der Waals surface area contributed by atoms with Crippen molar-refractivity contribution in [3.8, 4) is 0 Å². The van der Waals surface area contributed by atoms with Crippen molar-refractivity contribution in [3.05, 3.63) is 11.8 Å². The Kier molecular flexibility index (Phi) is 3.32. The molecule has 0 spiro atoms. The first kappa shape index (κ1) is 14.2. The Hall–Kier alpha value is -1.76. The second-order valence-corrected chi connectivity index (χ2v) is 5.75. The van der Waals surface area contributed by atoms with Crippen LogP contribution in [-0.4, -0.2) is 51.7 Å². The van der Waals surface area contributed by atoms with E-state index in [-0.39, 0.29) is 24.9 Å². The van der Waals surface area contributed by atoms with Gasteiger partial charge in [-0.1, -0.05) is 0 Å². The number of fused-ring (bicyclic) bond motifs is 2. The Balaban J connectivity index is 1.82. The maximum absolute atomic E-state index is 12.2. The summed E-state index contributed by atoms with van der Waals surface area (Å²) in [6.45, 7) is 0.341. The van der Waals surface area contributed by atoms with Crippen LogP contribution in [0.3, 0.4) is 0 Å². The van der Waals surface area contributed by atoms with Crippen LogP contribution in [0.15, 0.2) is 4.42 Å². The van der Waals surface area contributed by atoms with E-state index in [1.165, 1.54) is 4.90 Å². The molecule has 3 rings (SSSR count). The SMILES string of the molecule is NCc1nnc([C@H]2CC[C@@H]3CN2C(=O)N3OS(=O)(=O)O)o1. The fourth-order valence-corrected chi connectivity index (χ4v) is 2.96. The summed E-state index contributed by atoms with van der Waals surface area (Å²) in [7, 11) is -4.75. The average molecular weight is 319 g/mol. The van der Waals surface area contributed by atoms with Gasteiger partial charge in [-0.2, -0.15) is 13.5 Å². The van der Waals surface area contributed by atoms with Crippen molar-refractivity contribution in [1.29, 1.82) is 0 Å². The molecule has 0 aliphatic carbocycles. The number of nitrogens with two attached hydrogens (primary N) is 1. The van der Waals surface area contributed by atoms with Gasteiger partial charge in [-0.05, 0) is 12.8 Å². The zero-order chi connectivity index (χ0) is 15.2. The molecule has 2 amide bonds. The van der Waals surface area contributed by atoms with E-state index >= 15 is 0 Å². The van der Waals surface area contributed by atoms with Crippen LogP contribution in [-0.2, 0) is 21.2 Å². The van der Waals surface area contributed by atoms with Gasteiger partial charge >= 0.3 is 16.4 Å². The van der Waals surface area contributed by atoms with E-state index in [0.717, 1.165) is 0 Å². The van der Waals surface area contributed by atoms with Crippen LogP contribution in [0.5, 0.6) is 0 Å². The minimum atomic E-state index is -4.75. The van der Waals surface area contributed by atoms with E-state index in [1.54, 1.807) is 0 Å². The number of carbonyl (C=O) groups is 1. The zero-order valence-electron chi connectivity index (χ0n) is 10.7. The Morgan fingerprint density at radius 3 is 2.81 bits per heavy atom. The molecule has 2 aliphatic rings. The molecule has 3 heterocycles. The molecule has 0 radical (unpaired) electrons. The normalized spacial score (nSPS) is 25.7. The minimum absolute atomic E-state index is 0.0916. The third-order valence-electron chi connectivity index (χ3n) is 3.44. The van der Waals surface area contributed by atoms with Gasteiger partial charge in [0.25, 0.3) is 0 Å². The lowest BCUT2D eigenvalue weighted by atomic mass is 10.0. The summed E-state index contributed by atoms with van der Waals surface area (Å²) >= 11 is 0. The van der Waals surface area contributed by atoms with E-state index in [0.29, 0.717) is 17.9 Å². The number of aromatic nitrogens is 2. The van der Waals surface area contributed by atoms with Crippen LogP contribution in [0.4, 0.5) is 4.79 Å². The first-order valence-electron chi connectivity index (χ1n) is 6.18. The summed E-state index contributed by atoms with van der Waals surface area (Å²) in [6.07, 6.45) is 0.983. The standard InChI is InChI=1S/C9H13N5O6S/c10-3-7-11-12-8(19-7)6-2-1-5-4-13(6)9(15)14(5)20-21(16,17)18/h5-6H,1-4,10H2,(H,16,17,18)/t5-,6-/m1/s1. The largest absolute Gasteiger partial charge is 0.422 e. The lowest BCUT2D eigenvalue weighted by molar-refractivity contribution is -0.0317. The van der Waals surface area contributed by atoms with Crippen LogP contribution < -0.4 is 5.73 Å². The molecule has 0 aromatic carbocycles. The maximum atomic E-state index is 12.2. The fourth-order valence-electron chi connectivity index (χ4n) is 2.57. The van der Waals surface area contributed by atoms with E-state index in [1.807, 2.05) is 0 Å². The van der Waals surface area contributed by atoms with Crippen molar-refractivity contribution < 1.29 is 26.5 Å². The molecular weight excluding hydrogens is 306 g/mol. The van der Waals surface area contributed by atoms with Gasteiger partial charge < -0.3 is 15.1 Å². The molecule has 0 saturated carbocycles. The van der Waals surface area contributed by atoms with Crippen LogP contribution in [0.2, 0.25) is 0 Å². The second kappa shape index (κ2) is 4.91. The van der Waals surface area contributed by atoms with Crippen molar-refractivity contribution >= 4 is 16.4 Å². The Morgan fingerprint density at radius 1 is 1.43 bits per heavy atom. The van der Waals surface area contributed by atoms with Crippen molar-refractivity contribution in [2.24, 2.45) is 5.73 Å². The number of amides is 2. The van der Waals surface area contributed by atoms with Gasteiger partial charge in [0.2, 0.25) is 11.8 Å². The van der Waals surface area contributed by atoms with Crippen LogP contribution >= 0.6 is 0 Å². The number of rotatable bonds is 4. The van der Waals surface area contributed by atoms with Gasteiger partial charge in [0.05, 0.1) is 12.6 Å². The number of hydroxylamine groups is 2. The first-order valence-corrected chi connectivity index (χ1v) is 7.54. The van der Waals surface area contributed by atoms with Gasteiger partial charge in [0.15, 0.2) is 0 Å². The molecule has 116 valence electrons. The predicted octanol–water partition coefficient (Wildman–Crippen LogP) is -0.796. The van der Waals surface area contributed by atoms with Crippen LogP contribution in [0.25, 0.3) is 0 Å². The van der Waals surface area contributed by atoms with Crippen molar-refractivity contribution in [1.82, 2.24) is 20.2 Å². The molecule has 1 aromatic heterocycles. The molecule has 3 N–H and O–H groups in total. The lowest BCUT2D eigenvalue weighted by Crippen LogP contribution is -2.35. The number of urea groups is 1. The molecular formula is C9H13N5O6S. The number of hydrogen-bond donors (Lipinski definition) is 2. The molecule has 2 saturated heterocycles. The summed E-state index contributed by atoms with van der Waals surface area (Å²) < 4.78 is 39.9. The molecule has 2 atom stereocenters. The summed E-state index contributed by atoms with van der Waals surface area (Å²) in [6, 6.07) is -1.59. The summed E-state index contributed by atoms with van der Waals surface area (Å²) in [5.41, 5.74) is 5.39. The van der Waals surface area contributed by atoms with Gasteiger partial charge in [-0.25, -0.2) is 4.79 Å². The van der Waals surface area contributed by atoms with Crippen LogP contribution in [0, 0.1) is 0 Å². The fraction of sp³-hybridized carbons (Fsp3) is 0.667. The topological polar surface area (TPSA) is 152 Å². The summed E-state index contributed by atoms with van der Waals surface area (Å²) in [5, 5.41) is 8.24. The average Bonchev–Trinajstić information content (AvgIpc) is 2.98. The highest BCUT2D eigenvalue weighted by atomic mass is 32.3. The van der Waals surface area contributed by atoms with Crippen molar-refractivity contribution in [3.63, 3.8) is 0 Å². The quantitative estimate of drug-likeness (QED) is 0.679. The van der Waals surface area contributed by atoms with Crippen LogP contribution in [0.1, 0.15) is 30.7 Å². The molecule has 12 heteroatoms. The summed E-state index contributed by atoms with van der Waals surface area (Å²) in [4.78, 5) is 13.5. The molecule has 1 aromatic rings. The summed E-state index contributed by atoms with van der Waals surface area (Å²) in [5.74, 6) is 0.501. The highest BCUT2D eigenvalue weighted by Crippen LogP contribution is 2.38. The minimum Gasteiger partial charge on any atom is -0.422 e. The molecule has 2 aliphatic heterocycles. The molecule has 0 unspecified atom stereocenters. The van der Waals surface area contributed by atoms with Crippen molar-refractivity contribution in [2.45, 2.75) is 31.5 Å². The van der Waals surface area contributed by atoms with Gasteiger partial charge in [-0.15, -0.1) is 14.5 Å². The lowest BCUT2D eigenvalue weighted by Gasteiger charge is -2.27. The van der Waals surface area contributed by atoms with E-state index in [2.05, 4.69) is 14.5 Å². The Bertz CT molecular complexity index is 659. The van der Waals surface area contributed by atoms with Gasteiger partial charge in [-0.3, -0.25) is 4.55 Å². The highest BCUT2D eigenvalue weighted by Gasteiger charge is 2.49. The number of piperidine rings is 1. The first-order chi connectivity index (χ1) is 9.89. The third kappa shape index (κ3) is 2.57. The molecule has 2 fully saturated rings. The number of nitrogens with zero attached hydrogens (tertiary/aromatic N) is 4. The Labute approximate surface area is 119 Å². The molecule has 21 heavy (non-hydrogen) atoms. The zero-order valence-corrected chi connectivity index (χ0v) is 11.6. The number of carbonyl (C=O) groups excluding carboxylic acids is 1. The third-order valence-corrected chi connectivity index (χ3v) is 3.79. The highest BCUT2D eigenvalue weighted by molar-refractivity contribution is 7.80. The molecule has 11 nitrogen and oxygen atoms in total. The Morgan fingerprint density at radius 2 is 2.19 bits per heavy atom. The predicted molar refractivity (Wildman–Crippen MR) is 64.5 cm³/mol. The van der Waals surface area contributed by atoms with Crippen molar-refractivity contribution in [2.75, 3.05) is 6.54 Å². The van der Waals surface area contributed by atoms with Gasteiger partial charge in [0, 0.05) is 6.54 Å². The second-order valence-electron chi connectivity index (χ2n) is 4.75. The maximum Gasteiger partial charge on any atom is 0.418 e. The van der Waals surface area contributed by atoms with E-state index in [4.69, 9.17) is 14.7 Å². The van der Waals surface area contributed by atoms with E-state index < -0.39 is 28.5 Å². The monoisotopic (exact) mass is 319 g/mol. The number of hydrogen-bond acceptors (Lipinski definition) is 8.